The van der Waals surface area contributed by atoms with Crippen molar-refractivity contribution in [2.24, 2.45) is 5.92 Å². The lowest BCUT2D eigenvalue weighted by atomic mass is 9.82. The molecule has 48 heavy (non-hydrogen) atoms. The highest BCUT2D eigenvalue weighted by atomic mass is 19.4. The molecule has 0 bridgehead atoms. The number of carbonyl (C=O) groups is 2. The molecular formula is C37H45F5N2O4. The minimum Gasteiger partial charge on any atom is -0.481 e. The molecule has 1 heterocycles. The van der Waals surface area contributed by atoms with Gasteiger partial charge in [-0.05, 0) is 113 Å². The van der Waals surface area contributed by atoms with E-state index >= 15 is 8.78 Å². The summed E-state index contributed by atoms with van der Waals surface area (Å²) >= 11 is 0. The molecule has 0 amide bonds. The Labute approximate surface area is 278 Å². The fourth-order valence-electron chi connectivity index (χ4n) is 6.26. The van der Waals surface area contributed by atoms with E-state index in [4.69, 9.17) is 0 Å². The Hall–Kier alpha value is -3.86. The van der Waals surface area contributed by atoms with Crippen molar-refractivity contribution in [1.82, 2.24) is 9.47 Å². The van der Waals surface area contributed by atoms with Crippen molar-refractivity contribution in [2.45, 2.75) is 91.8 Å². The summed E-state index contributed by atoms with van der Waals surface area (Å²) in [5.41, 5.74) is -0.627. The van der Waals surface area contributed by atoms with Gasteiger partial charge in [-0.3, -0.25) is 14.4 Å². The largest absolute Gasteiger partial charge is 0.481 e. The van der Waals surface area contributed by atoms with E-state index in [2.05, 4.69) is 0 Å². The van der Waals surface area contributed by atoms with Gasteiger partial charge in [0.05, 0.1) is 18.0 Å². The van der Waals surface area contributed by atoms with Crippen LogP contribution in [0.5, 0.6) is 0 Å². The quantitative estimate of drug-likeness (QED) is 0.174. The first-order valence-corrected chi connectivity index (χ1v) is 16.0. The van der Waals surface area contributed by atoms with Gasteiger partial charge < -0.3 is 14.6 Å². The number of Topliss-reactive ketones (excluding diaryl/α,β-unsaturated/α-hetero) is 1. The number of hydrogen-bond acceptors (Lipinski definition) is 4. The normalized spacial score (nSPS) is 13.3. The number of carboxylic acids is 1. The Balaban J connectivity index is 2.24. The molecular weight excluding hydrogens is 631 g/mol. The van der Waals surface area contributed by atoms with Crippen molar-refractivity contribution in [1.29, 1.82) is 0 Å². The fraction of sp³-hybridized carbons (Fsp3) is 0.486. The molecule has 0 aliphatic heterocycles. The Kier molecular flexibility index (Phi) is 12.5. The highest BCUT2D eigenvalue weighted by Crippen LogP contribution is 2.44. The first kappa shape index (κ1) is 38.6. The van der Waals surface area contributed by atoms with E-state index in [9.17, 15) is 32.7 Å². The van der Waals surface area contributed by atoms with Crippen LogP contribution in [0.15, 0.2) is 35.3 Å². The third kappa shape index (κ3) is 8.98. The first-order valence-electron chi connectivity index (χ1n) is 16.0. The summed E-state index contributed by atoms with van der Waals surface area (Å²) in [5.74, 6) is -7.50. The SMILES string of the molecule is Cc1cc(=O)n(C(CC(C)C)C(=O)C[C@@H](CC(=O)O)c2c(F)c(-c3c(C)ccc(C)c3C)cc(C(F)(F)F)c2F)cc1CCCN(C)C. The van der Waals surface area contributed by atoms with Gasteiger partial charge in [0.2, 0.25) is 0 Å². The molecule has 6 nitrogen and oxygen atoms in total. The molecule has 0 aliphatic rings. The molecule has 0 saturated heterocycles. The average molecular weight is 677 g/mol. The lowest BCUT2D eigenvalue weighted by Gasteiger charge is -2.26. The standard InChI is InChI=1S/C37H45F5N2O4/c1-20(2)14-29(44-19-25(10-9-13-43(7)8)23(5)15-31(44)46)30(45)16-26(17-32(47)48)34-35(38)27(18-28(36(34)39)37(40,41)42)33-22(4)12-11-21(3)24(33)6/h11-12,15,18-20,26,29H,9-10,13-14,16-17H2,1-8H3,(H,47,48)/t26-,29?/m0/s1. The van der Waals surface area contributed by atoms with Crippen molar-refractivity contribution in [3.8, 4) is 11.1 Å². The Bertz CT molecular complexity index is 1730. The van der Waals surface area contributed by atoms with Crippen LogP contribution in [-0.2, 0) is 22.2 Å². The molecule has 3 aromatic rings. The number of carbonyl (C=O) groups excluding carboxylic acids is 1. The van der Waals surface area contributed by atoms with Crippen LogP contribution in [0.4, 0.5) is 22.0 Å². The fourth-order valence-corrected chi connectivity index (χ4v) is 6.26. The van der Waals surface area contributed by atoms with Gasteiger partial charge in [-0.15, -0.1) is 0 Å². The van der Waals surface area contributed by atoms with Gasteiger partial charge in [0, 0.05) is 35.7 Å². The Morgan fingerprint density at radius 1 is 0.938 bits per heavy atom. The number of benzene rings is 2. The molecule has 2 atom stereocenters. The topological polar surface area (TPSA) is 79.6 Å². The molecule has 0 radical (unpaired) electrons. The maximum atomic E-state index is 16.5. The van der Waals surface area contributed by atoms with Crippen LogP contribution in [0.3, 0.4) is 0 Å². The van der Waals surface area contributed by atoms with Crippen LogP contribution < -0.4 is 5.56 Å². The molecule has 0 fully saturated rings. The summed E-state index contributed by atoms with van der Waals surface area (Å²) in [6, 6.07) is 4.01. The molecule has 1 N–H and O–H groups in total. The van der Waals surface area contributed by atoms with Gasteiger partial charge in [-0.25, -0.2) is 8.78 Å². The monoisotopic (exact) mass is 676 g/mol. The zero-order valence-electron chi connectivity index (χ0n) is 28.8. The minimum absolute atomic E-state index is 0.130. The lowest BCUT2D eigenvalue weighted by Crippen LogP contribution is -2.32. The van der Waals surface area contributed by atoms with Crippen LogP contribution in [-0.4, -0.2) is 47.0 Å². The van der Waals surface area contributed by atoms with Gasteiger partial charge in [0.1, 0.15) is 11.6 Å². The number of aliphatic carboxylic acids is 1. The second-order valence-electron chi connectivity index (χ2n) is 13.5. The Morgan fingerprint density at radius 2 is 1.56 bits per heavy atom. The van der Waals surface area contributed by atoms with Gasteiger partial charge in [-0.1, -0.05) is 26.0 Å². The van der Waals surface area contributed by atoms with Crippen LogP contribution in [0, 0.1) is 45.2 Å². The maximum absolute atomic E-state index is 16.5. The van der Waals surface area contributed by atoms with Crippen molar-refractivity contribution < 1.29 is 36.6 Å². The van der Waals surface area contributed by atoms with Crippen molar-refractivity contribution >= 4 is 11.8 Å². The van der Waals surface area contributed by atoms with E-state index in [-0.39, 0.29) is 17.9 Å². The number of nitrogens with zero attached hydrogens (tertiary/aromatic N) is 2. The molecule has 2 aromatic carbocycles. The number of alkyl halides is 3. The first-order chi connectivity index (χ1) is 22.2. The molecule has 0 saturated carbocycles. The van der Waals surface area contributed by atoms with E-state index in [0.29, 0.717) is 29.2 Å². The minimum atomic E-state index is -5.25. The van der Waals surface area contributed by atoms with E-state index in [1.165, 1.54) is 10.6 Å². The zero-order valence-corrected chi connectivity index (χ0v) is 28.8. The molecule has 1 aromatic heterocycles. The predicted molar refractivity (Wildman–Crippen MR) is 176 cm³/mol. The molecule has 11 heteroatoms. The highest BCUT2D eigenvalue weighted by Gasteiger charge is 2.40. The number of ketones is 1. The van der Waals surface area contributed by atoms with Crippen LogP contribution in [0.1, 0.15) is 90.4 Å². The highest BCUT2D eigenvalue weighted by molar-refractivity contribution is 5.84. The molecule has 0 aliphatic carbocycles. The number of hydrogen-bond donors (Lipinski definition) is 1. The number of halogens is 5. The zero-order chi connectivity index (χ0) is 36.2. The van der Waals surface area contributed by atoms with E-state index in [1.54, 1.807) is 46.0 Å². The smallest absolute Gasteiger partial charge is 0.419 e. The third-order valence-electron chi connectivity index (χ3n) is 8.88. The molecule has 1 unspecified atom stereocenters. The van der Waals surface area contributed by atoms with Gasteiger partial charge >= 0.3 is 12.1 Å². The number of carboxylic acid groups (broad SMARTS) is 1. The summed E-state index contributed by atoms with van der Waals surface area (Å²) < 4.78 is 76.5. The number of pyridine rings is 1. The maximum Gasteiger partial charge on any atom is 0.419 e. The molecule has 0 spiro atoms. The molecule has 3 rings (SSSR count). The van der Waals surface area contributed by atoms with E-state index in [1.807, 2.05) is 32.8 Å². The van der Waals surface area contributed by atoms with Crippen LogP contribution in [0.25, 0.3) is 11.1 Å². The van der Waals surface area contributed by atoms with Gasteiger partial charge in [0.15, 0.2) is 5.78 Å². The van der Waals surface area contributed by atoms with Gasteiger partial charge in [0.25, 0.3) is 5.56 Å². The van der Waals surface area contributed by atoms with Gasteiger partial charge in [-0.2, -0.15) is 13.2 Å². The van der Waals surface area contributed by atoms with Crippen molar-refractivity contribution in [2.75, 3.05) is 20.6 Å². The van der Waals surface area contributed by atoms with E-state index < -0.39 is 76.6 Å². The second kappa shape index (κ2) is 15.6. The van der Waals surface area contributed by atoms with Crippen LogP contribution in [0.2, 0.25) is 0 Å². The predicted octanol–water partition coefficient (Wildman–Crippen LogP) is 8.35. The van der Waals surface area contributed by atoms with E-state index in [0.717, 1.165) is 24.1 Å². The second-order valence-corrected chi connectivity index (χ2v) is 13.5. The average Bonchev–Trinajstić information content (AvgIpc) is 2.95. The number of rotatable bonds is 14. The molecule has 262 valence electrons. The summed E-state index contributed by atoms with van der Waals surface area (Å²) in [6.07, 6.45) is -3.96. The summed E-state index contributed by atoms with van der Waals surface area (Å²) in [7, 11) is 3.86. The Morgan fingerprint density at radius 3 is 2.12 bits per heavy atom. The van der Waals surface area contributed by atoms with Crippen molar-refractivity contribution in [3.05, 3.63) is 91.4 Å². The van der Waals surface area contributed by atoms with Crippen LogP contribution >= 0.6 is 0 Å². The number of aryl methyl sites for hydroxylation is 4. The lowest BCUT2D eigenvalue weighted by molar-refractivity contribution is -0.140. The third-order valence-corrected chi connectivity index (χ3v) is 8.88. The van der Waals surface area contributed by atoms with Crippen molar-refractivity contribution in [3.63, 3.8) is 0 Å². The number of aromatic nitrogens is 1. The summed E-state index contributed by atoms with van der Waals surface area (Å²) in [6.45, 7) is 11.1. The summed E-state index contributed by atoms with van der Waals surface area (Å²) in [5, 5.41) is 9.78. The summed E-state index contributed by atoms with van der Waals surface area (Å²) in [4.78, 5) is 41.4.